The van der Waals surface area contributed by atoms with Gasteiger partial charge in [0.05, 0.1) is 15.7 Å². The fourth-order valence-electron chi connectivity index (χ4n) is 1.26. The molecule has 88 valence electrons. The zero-order chi connectivity index (χ0) is 12.3. The molecule has 1 nitrogen and oxygen atoms in total. The van der Waals surface area contributed by atoms with Crippen LogP contribution in [0.15, 0.2) is 40.6 Å². The Kier molecular flexibility index (Phi) is 4.20. The summed E-state index contributed by atoms with van der Waals surface area (Å²) in [6.07, 6.45) is 0. The van der Waals surface area contributed by atoms with Gasteiger partial charge in [0.15, 0.2) is 5.78 Å². The van der Waals surface area contributed by atoms with Crippen LogP contribution in [0.25, 0.3) is 0 Å². The van der Waals surface area contributed by atoms with Crippen LogP contribution in [0.5, 0.6) is 0 Å². The van der Waals surface area contributed by atoms with Crippen molar-refractivity contribution in [2.45, 2.75) is 4.90 Å². The van der Waals surface area contributed by atoms with Crippen molar-refractivity contribution in [1.82, 2.24) is 0 Å². The summed E-state index contributed by atoms with van der Waals surface area (Å²) in [7, 11) is 0. The highest BCUT2D eigenvalue weighted by Gasteiger charge is 2.12. The van der Waals surface area contributed by atoms with E-state index >= 15 is 0 Å². The van der Waals surface area contributed by atoms with Crippen LogP contribution in [-0.4, -0.2) is 11.5 Å². The number of Topliss-reactive ketones (excluding diaryl/α,β-unsaturated/α-hetero) is 1. The van der Waals surface area contributed by atoms with Gasteiger partial charge >= 0.3 is 0 Å². The number of thioether (sulfide) groups is 1. The van der Waals surface area contributed by atoms with Gasteiger partial charge < -0.3 is 0 Å². The molecular formula is C12H8ClFOS2. The normalized spacial score (nSPS) is 10.5. The Labute approximate surface area is 112 Å². The number of benzene rings is 1. The van der Waals surface area contributed by atoms with Crippen molar-refractivity contribution in [3.63, 3.8) is 0 Å². The van der Waals surface area contributed by atoms with Gasteiger partial charge in [-0.15, -0.1) is 23.1 Å². The highest BCUT2D eigenvalue weighted by atomic mass is 35.5. The first-order valence-electron chi connectivity index (χ1n) is 4.81. The SMILES string of the molecule is O=C(CSc1cccc(F)c1)c1sccc1Cl. The molecule has 0 aliphatic heterocycles. The smallest absolute Gasteiger partial charge is 0.184 e. The predicted molar refractivity (Wildman–Crippen MR) is 70.8 cm³/mol. The number of carbonyl (C=O) groups excluding carboxylic acids is 1. The van der Waals surface area contributed by atoms with Crippen molar-refractivity contribution < 1.29 is 9.18 Å². The molecule has 0 bridgehead atoms. The maximum Gasteiger partial charge on any atom is 0.184 e. The van der Waals surface area contributed by atoms with Gasteiger partial charge in [0.25, 0.3) is 0 Å². The predicted octanol–water partition coefficient (Wildman–Crippen LogP) is 4.52. The van der Waals surface area contributed by atoms with E-state index in [1.807, 2.05) is 0 Å². The fourth-order valence-corrected chi connectivity index (χ4v) is 3.27. The third kappa shape index (κ3) is 3.31. The Morgan fingerprint density at radius 3 is 2.88 bits per heavy atom. The average Bonchev–Trinajstić information content (AvgIpc) is 2.72. The highest BCUT2D eigenvalue weighted by molar-refractivity contribution is 8.00. The molecule has 5 heteroatoms. The third-order valence-corrected chi connectivity index (χ3v) is 4.41. The van der Waals surface area contributed by atoms with Crippen molar-refractivity contribution in [2.24, 2.45) is 0 Å². The molecule has 0 aliphatic rings. The van der Waals surface area contributed by atoms with Crippen LogP contribution in [0.2, 0.25) is 5.02 Å². The molecule has 0 atom stereocenters. The topological polar surface area (TPSA) is 17.1 Å². The molecule has 0 saturated heterocycles. The highest BCUT2D eigenvalue weighted by Crippen LogP contribution is 2.26. The lowest BCUT2D eigenvalue weighted by Gasteiger charge is -2.00. The molecule has 0 amide bonds. The monoisotopic (exact) mass is 286 g/mol. The molecule has 0 N–H and O–H groups in total. The average molecular weight is 287 g/mol. The van der Waals surface area contributed by atoms with Gasteiger partial charge in [-0.05, 0) is 29.6 Å². The minimum atomic E-state index is -0.295. The van der Waals surface area contributed by atoms with Crippen molar-refractivity contribution >= 4 is 40.5 Å². The summed E-state index contributed by atoms with van der Waals surface area (Å²) in [4.78, 5) is 13.1. The van der Waals surface area contributed by atoms with E-state index in [-0.39, 0.29) is 17.4 Å². The number of ketones is 1. The number of carbonyl (C=O) groups is 1. The minimum Gasteiger partial charge on any atom is -0.292 e. The Morgan fingerprint density at radius 1 is 1.41 bits per heavy atom. The molecule has 0 spiro atoms. The second-order valence-electron chi connectivity index (χ2n) is 3.27. The van der Waals surface area contributed by atoms with Crippen molar-refractivity contribution in [1.29, 1.82) is 0 Å². The van der Waals surface area contributed by atoms with E-state index in [2.05, 4.69) is 0 Å². The van der Waals surface area contributed by atoms with Crippen LogP contribution in [-0.2, 0) is 0 Å². The van der Waals surface area contributed by atoms with Gasteiger partial charge in [0, 0.05) is 4.90 Å². The van der Waals surface area contributed by atoms with Crippen molar-refractivity contribution in [3.05, 3.63) is 51.4 Å². The van der Waals surface area contributed by atoms with Crippen LogP contribution in [0, 0.1) is 5.82 Å². The molecule has 1 aromatic heterocycles. The van der Waals surface area contributed by atoms with Crippen LogP contribution < -0.4 is 0 Å². The van der Waals surface area contributed by atoms with E-state index in [4.69, 9.17) is 11.6 Å². The van der Waals surface area contributed by atoms with Gasteiger partial charge in [-0.25, -0.2) is 4.39 Å². The lowest BCUT2D eigenvalue weighted by molar-refractivity contribution is 0.102. The first-order valence-corrected chi connectivity index (χ1v) is 7.05. The second-order valence-corrected chi connectivity index (χ2v) is 5.64. The fraction of sp³-hybridized carbons (Fsp3) is 0.0833. The van der Waals surface area contributed by atoms with Gasteiger partial charge in [-0.2, -0.15) is 0 Å². The number of hydrogen-bond acceptors (Lipinski definition) is 3. The summed E-state index contributed by atoms with van der Waals surface area (Å²) in [5.74, 6) is -0.0557. The number of thiophene rings is 1. The van der Waals surface area contributed by atoms with Gasteiger partial charge in [0.2, 0.25) is 0 Å². The molecule has 17 heavy (non-hydrogen) atoms. The summed E-state index contributed by atoms with van der Waals surface area (Å²) in [5.41, 5.74) is 0. The van der Waals surface area contributed by atoms with Gasteiger partial charge in [-0.3, -0.25) is 4.79 Å². The standard InChI is InChI=1S/C12H8ClFOS2/c13-10-4-5-16-12(10)11(15)7-17-9-3-1-2-8(14)6-9/h1-6H,7H2. The van der Waals surface area contributed by atoms with Crippen LogP contribution in [0.4, 0.5) is 4.39 Å². The summed E-state index contributed by atoms with van der Waals surface area (Å²) < 4.78 is 12.9. The zero-order valence-electron chi connectivity index (χ0n) is 8.65. The Balaban J connectivity index is 1.99. The molecule has 0 fully saturated rings. The van der Waals surface area contributed by atoms with E-state index in [1.54, 1.807) is 23.6 Å². The largest absolute Gasteiger partial charge is 0.292 e. The quantitative estimate of drug-likeness (QED) is 0.607. The summed E-state index contributed by atoms with van der Waals surface area (Å²) >= 11 is 8.50. The van der Waals surface area contributed by atoms with Crippen molar-refractivity contribution in [2.75, 3.05) is 5.75 Å². The molecule has 0 radical (unpaired) electrons. The molecule has 0 aliphatic carbocycles. The number of halogens is 2. The number of rotatable bonds is 4. The third-order valence-electron chi connectivity index (χ3n) is 2.04. The van der Waals surface area contributed by atoms with Crippen LogP contribution in [0.1, 0.15) is 9.67 Å². The molecule has 2 aromatic rings. The van der Waals surface area contributed by atoms with Crippen LogP contribution in [0.3, 0.4) is 0 Å². The van der Waals surface area contributed by atoms with E-state index in [0.717, 1.165) is 4.90 Å². The molecule has 2 rings (SSSR count). The van der Waals surface area contributed by atoms with E-state index in [1.165, 1.54) is 35.2 Å². The maximum atomic E-state index is 12.9. The lowest BCUT2D eigenvalue weighted by Crippen LogP contribution is -2.00. The first kappa shape index (κ1) is 12.6. The Bertz CT molecular complexity index is 539. The Hall–Kier alpha value is -0.840. The molecule has 1 aromatic carbocycles. The second kappa shape index (κ2) is 5.67. The summed E-state index contributed by atoms with van der Waals surface area (Å²) in [6.45, 7) is 0. The van der Waals surface area contributed by atoms with Gasteiger partial charge in [0.1, 0.15) is 5.82 Å². The maximum absolute atomic E-state index is 12.9. The summed E-state index contributed by atoms with van der Waals surface area (Å²) in [5, 5.41) is 2.27. The molecule has 1 heterocycles. The minimum absolute atomic E-state index is 0.0285. The Morgan fingerprint density at radius 2 is 2.24 bits per heavy atom. The van der Waals surface area contributed by atoms with E-state index in [9.17, 15) is 9.18 Å². The number of hydrogen-bond donors (Lipinski definition) is 0. The molecule has 0 saturated carbocycles. The van der Waals surface area contributed by atoms with E-state index < -0.39 is 0 Å². The van der Waals surface area contributed by atoms with Gasteiger partial charge in [-0.1, -0.05) is 17.7 Å². The lowest BCUT2D eigenvalue weighted by atomic mass is 10.3. The van der Waals surface area contributed by atoms with E-state index in [0.29, 0.717) is 9.90 Å². The summed E-state index contributed by atoms with van der Waals surface area (Å²) in [6, 6.07) is 7.89. The molecule has 0 unspecified atom stereocenters. The first-order chi connectivity index (χ1) is 8.16. The zero-order valence-corrected chi connectivity index (χ0v) is 11.0. The van der Waals surface area contributed by atoms with Crippen molar-refractivity contribution in [3.8, 4) is 0 Å². The molecular weight excluding hydrogens is 279 g/mol. The van der Waals surface area contributed by atoms with Crippen LogP contribution >= 0.6 is 34.7 Å².